The summed E-state index contributed by atoms with van der Waals surface area (Å²) in [6, 6.07) is 0. The van der Waals surface area contributed by atoms with E-state index < -0.39 is 5.97 Å². The number of hydrogen-bond acceptors (Lipinski definition) is 4. The van der Waals surface area contributed by atoms with E-state index in [1.807, 2.05) is 6.92 Å². The van der Waals surface area contributed by atoms with E-state index in [0.29, 0.717) is 0 Å². The summed E-state index contributed by atoms with van der Waals surface area (Å²) in [6.45, 7) is 3.56. The molecule has 0 saturated heterocycles. The lowest BCUT2D eigenvalue weighted by Gasteiger charge is -1.96. The maximum Gasteiger partial charge on any atom is 0.306 e. The Balaban J connectivity index is 0. The first kappa shape index (κ1) is 13.8. The summed E-state index contributed by atoms with van der Waals surface area (Å²) in [5.74, 6) is -0.887. The molecule has 1 unspecified atom stereocenters. The summed E-state index contributed by atoms with van der Waals surface area (Å²) in [4.78, 5) is 13.9. The van der Waals surface area contributed by atoms with Crippen molar-refractivity contribution in [3.05, 3.63) is 0 Å². The Labute approximate surface area is 74.9 Å². The van der Waals surface area contributed by atoms with Crippen LogP contribution in [0.3, 0.4) is 0 Å². The zero-order valence-electron chi connectivity index (χ0n) is 7.31. The van der Waals surface area contributed by atoms with Crippen LogP contribution >= 0.6 is 0 Å². The molecule has 1 atom stereocenters. The second-order valence-electron chi connectivity index (χ2n) is 1.98. The topological polar surface area (TPSA) is 76.0 Å². The maximum absolute atomic E-state index is 9.93. The van der Waals surface area contributed by atoms with Crippen molar-refractivity contribution in [3.63, 3.8) is 0 Å². The SMILES string of the molecule is CCC(C)C(=O)O.CON=S=O. The normalized spacial score (nSPS) is 10.6. The Morgan fingerprint density at radius 1 is 1.75 bits per heavy atom. The van der Waals surface area contributed by atoms with Crippen LogP contribution < -0.4 is 0 Å². The van der Waals surface area contributed by atoms with Gasteiger partial charge in [-0.3, -0.25) is 4.79 Å². The minimum absolute atomic E-state index is 0.0544. The molecule has 0 radical (unpaired) electrons. The van der Waals surface area contributed by atoms with Gasteiger partial charge in [0.1, 0.15) is 0 Å². The number of rotatable bonds is 3. The number of aliphatic carboxylic acids is 1. The number of carboxylic acids is 1. The highest BCUT2D eigenvalue weighted by molar-refractivity contribution is 7.54. The fourth-order valence-corrected chi connectivity index (χ4v) is 0.266. The van der Waals surface area contributed by atoms with Crippen LogP contribution in [0.15, 0.2) is 4.53 Å². The van der Waals surface area contributed by atoms with Gasteiger partial charge in [0.2, 0.25) is 11.5 Å². The van der Waals surface area contributed by atoms with E-state index in [1.54, 1.807) is 6.92 Å². The molecule has 0 bridgehead atoms. The van der Waals surface area contributed by atoms with Gasteiger partial charge in [-0.2, -0.15) is 4.21 Å². The Bertz CT molecular complexity index is 167. The van der Waals surface area contributed by atoms with Crippen LogP contribution in [0, 0.1) is 5.92 Å². The predicted octanol–water partition coefficient (Wildman–Crippen LogP) is 1.06. The third-order valence-corrected chi connectivity index (χ3v) is 1.35. The highest BCUT2D eigenvalue weighted by Gasteiger charge is 2.05. The van der Waals surface area contributed by atoms with Crippen molar-refractivity contribution in [2.24, 2.45) is 10.4 Å². The van der Waals surface area contributed by atoms with Crippen LogP contribution in [0.1, 0.15) is 20.3 Å². The van der Waals surface area contributed by atoms with E-state index in [4.69, 9.17) is 9.32 Å². The van der Waals surface area contributed by atoms with Crippen molar-refractivity contribution >= 4 is 17.4 Å². The Hall–Kier alpha value is -0.750. The van der Waals surface area contributed by atoms with Crippen LogP contribution in [0.25, 0.3) is 0 Å². The molecule has 0 heterocycles. The molecule has 0 saturated carbocycles. The first-order chi connectivity index (χ1) is 5.59. The molecule has 0 amide bonds. The largest absolute Gasteiger partial charge is 0.481 e. The summed E-state index contributed by atoms with van der Waals surface area (Å²) in [5.41, 5.74) is 0. The Morgan fingerprint density at radius 3 is 2.25 bits per heavy atom. The zero-order valence-corrected chi connectivity index (χ0v) is 8.13. The minimum Gasteiger partial charge on any atom is -0.481 e. The lowest BCUT2D eigenvalue weighted by Crippen LogP contribution is -2.06. The molecule has 6 heteroatoms. The van der Waals surface area contributed by atoms with E-state index in [0.717, 1.165) is 6.42 Å². The van der Waals surface area contributed by atoms with Gasteiger partial charge in [-0.15, -0.1) is 0 Å². The van der Waals surface area contributed by atoms with Crippen molar-refractivity contribution in [1.82, 2.24) is 0 Å². The second-order valence-corrected chi connectivity index (χ2v) is 2.28. The average Bonchev–Trinajstić information content (AvgIpc) is 2.05. The summed E-state index contributed by atoms with van der Waals surface area (Å²) in [5, 5.41) is 8.18. The van der Waals surface area contributed by atoms with E-state index in [-0.39, 0.29) is 17.4 Å². The monoisotopic (exact) mass is 195 g/mol. The Kier molecular flexibility index (Phi) is 11.8. The molecule has 0 spiro atoms. The Morgan fingerprint density at radius 2 is 2.25 bits per heavy atom. The van der Waals surface area contributed by atoms with E-state index in [1.165, 1.54) is 7.11 Å². The van der Waals surface area contributed by atoms with Gasteiger partial charge in [-0.1, -0.05) is 13.8 Å². The molecule has 5 nitrogen and oxygen atoms in total. The molecule has 1 N–H and O–H groups in total. The zero-order chi connectivity index (χ0) is 9.98. The highest BCUT2D eigenvalue weighted by atomic mass is 32.1. The number of nitrogens with zero attached hydrogens (tertiary/aromatic N) is 1. The van der Waals surface area contributed by atoms with Crippen LogP contribution in [0.2, 0.25) is 0 Å². The van der Waals surface area contributed by atoms with Crippen LogP contribution in [0.4, 0.5) is 0 Å². The lowest BCUT2D eigenvalue weighted by molar-refractivity contribution is -0.141. The van der Waals surface area contributed by atoms with Crippen molar-refractivity contribution in [2.45, 2.75) is 20.3 Å². The summed E-state index contributed by atoms with van der Waals surface area (Å²) >= 11 is 0.0544. The van der Waals surface area contributed by atoms with Gasteiger partial charge in [-0.25, -0.2) is 4.84 Å². The molecular weight excluding hydrogens is 182 g/mol. The molecule has 12 heavy (non-hydrogen) atoms. The van der Waals surface area contributed by atoms with Crippen LogP contribution in [-0.2, 0) is 21.1 Å². The van der Waals surface area contributed by atoms with Gasteiger partial charge in [0.15, 0.2) is 0 Å². The van der Waals surface area contributed by atoms with Gasteiger partial charge in [0.05, 0.1) is 13.0 Å². The van der Waals surface area contributed by atoms with E-state index in [2.05, 4.69) is 9.36 Å². The van der Waals surface area contributed by atoms with Crippen LogP contribution in [-0.4, -0.2) is 22.4 Å². The summed E-state index contributed by atoms with van der Waals surface area (Å²) in [6.07, 6.45) is 0.718. The molecular formula is C6H13NO4S. The van der Waals surface area contributed by atoms with Gasteiger partial charge in [0, 0.05) is 0 Å². The van der Waals surface area contributed by atoms with Crippen molar-refractivity contribution < 1.29 is 18.9 Å². The minimum atomic E-state index is -0.706. The third-order valence-electron chi connectivity index (χ3n) is 1.14. The predicted molar refractivity (Wildman–Crippen MR) is 44.7 cm³/mol. The smallest absolute Gasteiger partial charge is 0.306 e. The molecule has 0 aliphatic heterocycles. The number of carbonyl (C=O) groups is 1. The third kappa shape index (κ3) is 12.0. The molecule has 72 valence electrons. The number of hydrogen-bond donors (Lipinski definition) is 1. The second kappa shape index (κ2) is 10.2. The van der Waals surface area contributed by atoms with Gasteiger partial charge in [0.25, 0.3) is 0 Å². The van der Waals surface area contributed by atoms with E-state index in [9.17, 15) is 4.79 Å². The highest BCUT2D eigenvalue weighted by Crippen LogP contribution is 1.97. The molecule has 0 aromatic heterocycles. The fraction of sp³-hybridized carbons (Fsp3) is 0.833. The van der Waals surface area contributed by atoms with Gasteiger partial charge in [-0.05, 0) is 10.9 Å². The van der Waals surface area contributed by atoms with Gasteiger partial charge >= 0.3 is 5.97 Å². The standard InChI is InChI=1S/C5H10O2.CH3NO2S/c1-3-4(2)5(6)7;1-4-2-5-3/h4H,3H2,1-2H3,(H,6,7);1H3. The lowest BCUT2D eigenvalue weighted by atomic mass is 10.1. The maximum atomic E-state index is 9.93. The molecule has 0 aromatic rings. The quantitative estimate of drug-likeness (QED) is 0.683. The number of carboxylic acid groups (broad SMARTS) is 1. The summed E-state index contributed by atoms with van der Waals surface area (Å²) in [7, 11) is 1.32. The van der Waals surface area contributed by atoms with Crippen molar-refractivity contribution in [3.8, 4) is 0 Å². The van der Waals surface area contributed by atoms with Crippen molar-refractivity contribution in [1.29, 1.82) is 0 Å². The molecule has 0 aliphatic carbocycles. The average molecular weight is 195 g/mol. The molecule has 0 rings (SSSR count). The fourth-order valence-electron chi connectivity index (χ4n) is 0.205. The van der Waals surface area contributed by atoms with Crippen molar-refractivity contribution in [2.75, 3.05) is 7.11 Å². The first-order valence-corrected chi connectivity index (χ1v) is 4.05. The van der Waals surface area contributed by atoms with Crippen LogP contribution in [0.5, 0.6) is 0 Å². The van der Waals surface area contributed by atoms with E-state index >= 15 is 0 Å². The summed E-state index contributed by atoms with van der Waals surface area (Å²) < 4.78 is 12.0. The molecule has 0 fully saturated rings. The molecule has 0 aromatic carbocycles. The molecule has 0 aliphatic rings. The first-order valence-electron chi connectivity index (χ1n) is 3.35. The van der Waals surface area contributed by atoms with Gasteiger partial charge < -0.3 is 5.11 Å².